The maximum Gasteiger partial charge on any atom is 0.279 e. The van der Waals surface area contributed by atoms with Crippen LogP contribution in [0.2, 0.25) is 0 Å². The fourth-order valence-electron chi connectivity index (χ4n) is 2.81. The molecule has 0 bridgehead atoms. The summed E-state index contributed by atoms with van der Waals surface area (Å²) in [6.45, 7) is 1.08. The van der Waals surface area contributed by atoms with E-state index in [0.29, 0.717) is 17.9 Å². The summed E-state index contributed by atoms with van der Waals surface area (Å²) in [6, 6.07) is 6.17. The quantitative estimate of drug-likeness (QED) is 0.822. The monoisotopic (exact) mass is 379 g/mol. The number of carbonyl (C=O) groups excluding carboxylic acids is 1. The van der Waals surface area contributed by atoms with Crippen LogP contribution in [0.1, 0.15) is 36.0 Å². The van der Waals surface area contributed by atoms with E-state index in [2.05, 4.69) is 4.99 Å². The lowest BCUT2D eigenvalue weighted by molar-refractivity contribution is 0.0997. The van der Waals surface area contributed by atoms with Crippen molar-refractivity contribution in [1.82, 2.24) is 8.87 Å². The molecule has 1 aliphatic heterocycles. The second-order valence-electron chi connectivity index (χ2n) is 6.06. The molecule has 8 heteroatoms. The summed E-state index contributed by atoms with van der Waals surface area (Å²) in [5, 5.41) is 1.84. The highest BCUT2D eigenvalue weighted by atomic mass is 32.2. The Hall–Kier alpha value is -1.77. The van der Waals surface area contributed by atoms with Gasteiger partial charge in [0.05, 0.1) is 4.90 Å². The zero-order chi connectivity index (χ0) is 17.9. The summed E-state index contributed by atoms with van der Waals surface area (Å²) in [5.41, 5.74) is 0.282. The number of sulfonamides is 1. The highest BCUT2D eigenvalue weighted by molar-refractivity contribution is 7.89. The molecule has 1 aromatic heterocycles. The summed E-state index contributed by atoms with van der Waals surface area (Å²) in [6.07, 6.45) is 5.68. The van der Waals surface area contributed by atoms with Crippen LogP contribution in [0.5, 0.6) is 0 Å². The summed E-state index contributed by atoms with van der Waals surface area (Å²) in [5.74, 6) is -0.439. The second-order valence-corrected chi connectivity index (χ2v) is 8.87. The zero-order valence-corrected chi connectivity index (χ0v) is 15.7. The first-order valence-electron chi connectivity index (χ1n) is 8.28. The molecule has 1 aliphatic rings. The molecule has 0 aliphatic carbocycles. The van der Waals surface area contributed by atoms with Crippen molar-refractivity contribution in [2.24, 2.45) is 12.0 Å². The SMILES string of the molecule is Cn1ccsc1=NC(=O)c1cccc(S(=O)(=O)N2CCCCCC2)c1. The maximum atomic E-state index is 12.9. The van der Waals surface area contributed by atoms with Crippen LogP contribution in [-0.2, 0) is 17.1 Å². The topological polar surface area (TPSA) is 71.7 Å². The van der Waals surface area contributed by atoms with Crippen molar-refractivity contribution in [1.29, 1.82) is 0 Å². The van der Waals surface area contributed by atoms with Gasteiger partial charge in [-0.3, -0.25) is 4.79 Å². The van der Waals surface area contributed by atoms with Gasteiger partial charge in [0.25, 0.3) is 5.91 Å². The number of nitrogens with zero attached hydrogens (tertiary/aromatic N) is 3. The molecule has 0 atom stereocenters. The third kappa shape index (κ3) is 4.08. The first kappa shape index (κ1) is 18.0. The van der Waals surface area contributed by atoms with Crippen LogP contribution >= 0.6 is 11.3 Å². The van der Waals surface area contributed by atoms with Gasteiger partial charge in [-0.2, -0.15) is 9.30 Å². The molecule has 2 heterocycles. The standard InChI is InChI=1S/C17H21N3O3S2/c1-19-11-12-24-17(19)18-16(21)14-7-6-8-15(13-14)25(22,23)20-9-4-2-3-5-10-20/h6-8,11-13H,2-5,9-10H2,1H3. The smallest absolute Gasteiger partial charge is 0.279 e. The molecular formula is C17H21N3O3S2. The number of rotatable bonds is 3. The van der Waals surface area contributed by atoms with Crippen molar-refractivity contribution in [3.63, 3.8) is 0 Å². The van der Waals surface area contributed by atoms with Crippen LogP contribution in [0.4, 0.5) is 0 Å². The van der Waals surface area contributed by atoms with E-state index in [9.17, 15) is 13.2 Å². The predicted molar refractivity (Wildman–Crippen MR) is 96.9 cm³/mol. The third-order valence-electron chi connectivity index (χ3n) is 4.24. The minimum atomic E-state index is -3.57. The zero-order valence-electron chi connectivity index (χ0n) is 14.1. The lowest BCUT2D eigenvalue weighted by atomic mass is 10.2. The predicted octanol–water partition coefficient (Wildman–Crippen LogP) is 2.39. The van der Waals surface area contributed by atoms with Gasteiger partial charge in [0, 0.05) is 37.3 Å². The number of aryl methyl sites for hydroxylation is 1. The first-order chi connectivity index (χ1) is 12.0. The number of thiazole rings is 1. The van der Waals surface area contributed by atoms with Crippen LogP contribution in [0.25, 0.3) is 0 Å². The van der Waals surface area contributed by atoms with Gasteiger partial charge >= 0.3 is 0 Å². The molecule has 0 spiro atoms. The Kier molecular flexibility index (Phi) is 5.51. The van der Waals surface area contributed by atoms with E-state index >= 15 is 0 Å². The number of carbonyl (C=O) groups is 1. The summed E-state index contributed by atoms with van der Waals surface area (Å²) in [4.78, 5) is 17.2. The number of aromatic nitrogens is 1. The van der Waals surface area contributed by atoms with Crippen LogP contribution in [-0.4, -0.2) is 36.3 Å². The van der Waals surface area contributed by atoms with Crippen molar-refractivity contribution in [2.75, 3.05) is 13.1 Å². The molecule has 0 saturated carbocycles. The van der Waals surface area contributed by atoms with Gasteiger partial charge in [0.1, 0.15) is 0 Å². The average molecular weight is 380 g/mol. The van der Waals surface area contributed by atoms with Gasteiger partial charge in [-0.05, 0) is 31.0 Å². The van der Waals surface area contributed by atoms with E-state index in [4.69, 9.17) is 0 Å². The number of hydrogen-bond donors (Lipinski definition) is 0. The molecule has 25 heavy (non-hydrogen) atoms. The Morgan fingerprint density at radius 3 is 2.52 bits per heavy atom. The molecule has 0 N–H and O–H groups in total. The fraction of sp³-hybridized carbons (Fsp3) is 0.412. The lowest BCUT2D eigenvalue weighted by Crippen LogP contribution is -2.32. The van der Waals surface area contributed by atoms with Gasteiger partial charge in [-0.25, -0.2) is 8.42 Å². The van der Waals surface area contributed by atoms with Crippen LogP contribution in [0.15, 0.2) is 45.7 Å². The van der Waals surface area contributed by atoms with Crippen molar-refractivity contribution in [3.8, 4) is 0 Å². The second kappa shape index (κ2) is 7.63. The summed E-state index contributed by atoms with van der Waals surface area (Å²) < 4.78 is 29.0. The molecule has 3 rings (SSSR count). The summed E-state index contributed by atoms with van der Waals surface area (Å²) >= 11 is 1.36. The Morgan fingerprint density at radius 2 is 1.88 bits per heavy atom. The van der Waals surface area contributed by atoms with Crippen LogP contribution in [0.3, 0.4) is 0 Å². The Balaban J connectivity index is 1.91. The van der Waals surface area contributed by atoms with E-state index in [-0.39, 0.29) is 10.5 Å². The molecule has 1 amide bonds. The molecule has 6 nitrogen and oxygen atoms in total. The van der Waals surface area contributed by atoms with Crippen molar-refractivity contribution < 1.29 is 13.2 Å². The molecule has 0 radical (unpaired) electrons. The third-order valence-corrected chi connectivity index (χ3v) is 6.98. The number of hydrogen-bond acceptors (Lipinski definition) is 4. The Bertz CT molecular complexity index is 920. The van der Waals surface area contributed by atoms with Gasteiger partial charge < -0.3 is 4.57 Å². The molecule has 1 aromatic carbocycles. The number of benzene rings is 1. The van der Waals surface area contributed by atoms with Crippen LogP contribution in [0, 0.1) is 0 Å². The average Bonchev–Trinajstić information content (AvgIpc) is 2.85. The van der Waals surface area contributed by atoms with E-state index in [0.717, 1.165) is 25.7 Å². The van der Waals surface area contributed by atoms with Crippen molar-refractivity contribution in [2.45, 2.75) is 30.6 Å². The maximum absolute atomic E-state index is 12.9. The van der Waals surface area contributed by atoms with Crippen molar-refractivity contribution >= 4 is 27.3 Å². The van der Waals surface area contributed by atoms with E-state index in [1.54, 1.807) is 22.8 Å². The first-order valence-corrected chi connectivity index (χ1v) is 10.6. The van der Waals surface area contributed by atoms with E-state index < -0.39 is 15.9 Å². The van der Waals surface area contributed by atoms with Gasteiger partial charge in [0.2, 0.25) is 10.0 Å². The molecular weight excluding hydrogens is 358 g/mol. The molecule has 1 saturated heterocycles. The van der Waals surface area contributed by atoms with Gasteiger partial charge in [-0.15, -0.1) is 11.3 Å². The molecule has 1 fully saturated rings. The van der Waals surface area contributed by atoms with Gasteiger partial charge in [-0.1, -0.05) is 18.9 Å². The Morgan fingerprint density at radius 1 is 1.16 bits per heavy atom. The fourth-order valence-corrected chi connectivity index (χ4v) is 5.10. The van der Waals surface area contributed by atoms with E-state index in [1.165, 1.54) is 21.7 Å². The summed E-state index contributed by atoms with van der Waals surface area (Å²) in [7, 11) is -1.77. The molecule has 0 unspecified atom stereocenters. The molecule has 134 valence electrons. The van der Waals surface area contributed by atoms with Crippen LogP contribution < -0.4 is 4.80 Å². The van der Waals surface area contributed by atoms with Crippen molar-refractivity contribution in [3.05, 3.63) is 46.2 Å². The highest BCUT2D eigenvalue weighted by Crippen LogP contribution is 2.21. The number of amides is 1. The lowest BCUT2D eigenvalue weighted by Gasteiger charge is -2.20. The highest BCUT2D eigenvalue weighted by Gasteiger charge is 2.25. The molecule has 2 aromatic rings. The van der Waals surface area contributed by atoms with E-state index in [1.807, 2.05) is 18.6 Å². The van der Waals surface area contributed by atoms with Gasteiger partial charge in [0.15, 0.2) is 4.80 Å². The Labute approximate surface area is 151 Å². The minimum absolute atomic E-state index is 0.158. The normalized spacial score (nSPS) is 17.4. The minimum Gasteiger partial charge on any atom is -0.327 e. The largest absolute Gasteiger partial charge is 0.327 e.